The van der Waals surface area contributed by atoms with Gasteiger partial charge in [-0.2, -0.15) is 18.3 Å². The Morgan fingerprint density at radius 3 is 2.17 bits per heavy atom. The van der Waals surface area contributed by atoms with Crippen LogP contribution < -0.4 is 10.2 Å². The fraction of sp³-hybridized carbons (Fsp3) is 0.375. The van der Waals surface area contributed by atoms with Crippen LogP contribution in [0.1, 0.15) is 17.7 Å². The van der Waals surface area contributed by atoms with Gasteiger partial charge in [-0.1, -0.05) is 29.8 Å². The molecule has 16 heteroatoms. The number of alkyl halides is 5. The minimum atomic E-state index is -4.61. The van der Waals surface area contributed by atoms with Gasteiger partial charge in [0.1, 0.15) is 0 Å². The number of nitrogens with one attached hydrogen (secondary N) is 1. The number of hydrogen-bond acceptors (Lipinski definition) is 5. The lowest BCUT2D eigenvalue weighted by molar-refractivity contribution is -0.141. The molecule has 2 aromatic carbocycles. The Morgan fingerprint density at radius 1 is 1.10 bits per heavy atom. The Bertz CT molecular complexity index is 1410. The highest BCUT2D eigenvalue weighted by atomic mass is 35.5. The maximum absolute atomic E-state index is 13.1. The average Bonchev–Trinajstić information content (AvgIpc) is 3.36. The third-order valence-electron chi connectivity index (χ3n) is 5.71. The van der Waals surface area contributed by atoms with Crippen molar-refractivity contribution in [3.63, 3.8) is 0 Å². The first kappa shape index (κ1) is 32.6. The van der Waals surface area contributed by atoms with E-state index in [2.05, 4.69) is 10.2 Å². The molecule has 3 N–H and O–H groups in total. The van der Waals surface area contributed by atoms with Gasteiger partial charge in [0, 0.05) is 37.0 Å². The van der Waals surface area contributed by atoms with E-state index in [1.54, 1.807) is 28.9 Å². The third kappa shape index (κ3) is 8.53. The molecule has 1 fully saturated rings. The molecule has 4 rings (SSSR count). The fourth-order valence-corrected chi connectivity index (χ4v) is 6.86. The zero-order valence-electron chi connectivity index (χ0n) is 21.4. The van der Waals surface area contributed by atoms with Crippen molar-refractivity contribution >= 4 is 40.9 Å². The highest BCUT2D eigenvalue weighted by molar-refractivity contribution is 7.89. The smallest absolute Gasteiger partial charge is 0.306 e. The number of rotatable bonds is 8. The van der Waals surface area contributed by atoms with E-state index in [0.29, 0.717) is 37.0 Å². The topological polar surface area (TPSA) is 120 Å². The van der Waals surface area contributed by atoms with Crippen LogP contribution in [-0.4, -0.2) is 60.9 Å². The molecule has 9 nitrogen and oxygen atoms in total. The summed E-state index contributed by atoms with van der Waals surface area (Å²) in [5.74, 6) is 0.845. The first-order chi connectivity index (χ1) is 18.8. The molecule has 1 unspecified atom stereocenters. The van der Waals surface area contributed by atoms with Gasteiger partial charge in [0.05, 0.1) is 22.9 Å². The molecule has 0 bridgehead atoms. The van der Waals surface area contributed by atoms with Crippen LogP contribution in [0.5, 0.6) is 0 Å². The first-order valence-corrected chi connectivity index (χ1v) is 16.2. The molecule has 220 valence electrons. The predicted octanol–water partition coefficient (Wildman–Crippen LogP) is 5.40. The number of nitrogens with two attached hydrogens (primary N) is 1. The third-order valence-corrected chi connectivity index (χ3v) is 9.28. The largest absolute Gasteiger partial charge is 0.435 e. The molecular formula is C24H29Cl2F3N5O4PS. The van der Waals surface area contributed by atoms with Gasteiger partial charge in [-0.25, -0.2) is 28.0 Å². The number of sulfonamides is 1. The molecule has 1 aliphatic heterocycles. The summed E-state index contributed by atoms with van der Waals surface area (Å²) in [6.45, 7) is 4.18. The van der Waals surface area contributed by atoms with Crippen LogP contribution in [0.15, 0.2) is 59.5 Å². The van der Waals surface area contributed by atoms with Crippen LogP contribution in [0.2, 0.25) is 0 Å². The van der Waals surface area contributed by atoms with Gasteiger partial charge in [0.2, 0.25) is 10.0 Å². The number of benzene rings is 2. The maximum Gasteiger partial charge on any atom is 0.435 e. The van der Waals surface area contributed by atoms with E-state index in [1.165, 1.54) is 24.3 Å². The van der Waals surface area contributed by atoms with Crippen LogP contribution in [0.3, 0.4) is 0 Å². The van der Waals surface area contributed by atoms with Crippen molar-refractivity contribution < 1.29 is 30.7 Å². The number of aryl methyl sites for hydroxylation is 1. The molecule has 40 heavy (non-hydrogen) atoms. The maximum atomic E-state index is 13.1. The Labute approximate surface area is 241 Å². The molecule has 3 aromatic rings. The Kier molecular flexibility index (Phi) is 11.2. The van der Waals surface area contributed by atoms with E-state index in [0.717, 1.165) is 29.3 Å². The lowest BCUT2D eigenvalue weighted by Gasteiger charge is -2.33. The fourth-order valence-electron chi connectivity index (χ4n) is 3.70. The van der Waals surface area contributed by atoms with Crippen LogP contribution in [0.4, 0.5) is 13.2 Å². The van der Waals surface area contributed by atoms with E-state index < -0.39 is 29.6 Å². The zero-order valence-corrected chi connectivity index (χ0v) is 24.7. The summed E-state index contributed by atoms with van der Waals surface area (Å²) >= 11 is 11.2. The van der Waals surface area contributed by atoms with Gasteiger partial charge < -0.3 is 4.52 Å². The summed E-state index contributed by atoms with van der Waals surface area (Å²) in [5.41, 5.74) is 0.996. The number of aromatic nitrogens is 2. The van der Waals surface area contributed by atoms with E-state index in [-0.39, 0.29) is 16.3 Å². The number of primary sulfonamides is 1. The normalized spacial score (nSPS) is 17.9. The first-order valence-electron chi connectivity index (χ1n) is 12.0. The Morgan fingerprint density at radius 2 is 1.70 bits per heavy atom. The zero-order chi connectivity index (χ0) is 29.6. The summed E-state index contributed by atoms with van der Waals surface area (Å²) in [6, 6.07) is 13.1. The number of hydrogen-bond donors (Lipinski definition) is 2. The highest BCUT2D eigenvalue weighted by Crippen LogP contribution is 2.48. The van der Waals surface area contributed by atoms with Crippen molar-refractivity contribution in [2.75, 3.05) is 38.0 Å². The molecule has 2 heterocycles. The lowest BCUT2D eigenvalue weighted by atomic mass is 10.1. The van der Waals surface area contributed by atoms with Gasteiger partial charge in [-0.3, -0.25) is 4.57 Å². The van der Waals surface area contributed by atoms with Crippen molar-refractivity contribution in [3.8, 4) is 16.9 Å². The number of halogens is 5. The van der Waals surface area contributed by atoms with Crippen LogP contribution in [-0.2, 0) is 25.3 Å². The molecule has 1 atom stereocenters. The predicted molar refractivity (Wildman–Crippen MR) is 149 cm³/mol. The summed E-state index contributed by atoms with van der Waals surface area (Å²) in [7, 11) is -6.74. The van der Waals surface area contributed by atoms with E-state index in [4.69, 9.17) is 32.9 Å². The molecule has 0 saturated carbocycles. The van der Waals surface area contributed by atoms with Crippen molar-refractivity contribution in [1.82, 2.24) is 19.5 Å². The number of nitrogens with zero attached hydrogens (tertiary/aromatic N) is 3. The molecule has 1 aromatic heterocycles. The second kappa shape index (κ2) is 13.8. The summed E-state index contributed by atoms with van der Waals surface area (Å²) in [4.78, 5) is -0.138. The van der Waals surface area contributed by atoms with Gasteiger partial charge >= 0.3 is 13.8 Å². The van der Waals surface area contributed by atoms with Gasteiger partial charge in [-0.05, 0) is 43.7 Å². The SMILES string of the molecule is Cc1ccc(-c2cc(C(F)(F)F)nn2-c2ccc(S(N)(=O)=O)cc2)cc1.O=P1(N(CCCl)CCCl)NCCCO1. The quantitative estimate of drug-likeness (QED) is 0.250. The summed E-state index contributed by atoms with van der Waals surface area (Å²) in [6.07, 6.45) is -3.72. The van der Waals surface area contributed by atoms with Crippen molar-refractivity contribution in [1.29, 1.82) is 0 Å². The van der Waals surface area contributed by atoms with E-state index in [9.17, 15) is 26.2 Å². The minimum Gasteiger partial charge on any atom is -0.306 e. The molecule has 1 saturated heterocycles. The summed E-state index contributed by atoms with van der Waals surface area (Å²) < 4.78 is 82.4. The van der Waals surface area contributed by atoms with Gasteiger partial charge in [0.25, 0.3) is 0 Å². The van der Waals surface area contributed by atoms with Crippen LogP contribution in [0, 0.1) is 6.92 Å². The second-order valence-electron chi connectivity index (χ2n) is 8.68. The van der Waals surface area contributed by atoms with Crippen LogP contribution >= 0.6 is 30.9 Å². The molecular weight excluding hydrogens is 613 g/mol. The van der Waals surface area contributed by atoms with Gasteiger partial charge in [-0.15, -0.1) is 23.2 Å². The second-order valence-corrected chi connectivity index (χ2v) is 13.2. The Hall–Kier alpha value is -1.96. The lowest BCUT2D eigenvalue weighted by Crippen LogP contribution is -2.35. The van der Waals surface area contributed by atoms with E-state index in [1.807, 2.05) is 6.92 Å². The van der Waals surface area contributed by atoms with E-state index >= 15 is 0 Å². The van der Waals surface area contributed by atoms with Crippen molar-refractivity contribution in [2.45, 2.75) is 24.4 Å². The summed E-state index contributed by atoms with van der Waals surface area (Å²) in [5, 5.41) is 11.6. The standard InChI is InChI=1S/C17H14F3N3O2S.C7H15Cl2N2O2P/c1-11-2-4-12(5-3-11)15-10-16(17(18,19)20)22-23(15)13-6-8-14(9-7-13)26(21,24)25;8-2-5-11(6-3-9)14(12)10-4-1-7-13-14/h2-10H,1H3,(H2,21,24,25);1-7H2,(H,10,12). The molecule has 0 aliphatic carbocycles. The minimum absolute atomic E-state index is 0.138. The van der Waals surface area contributed by atoms with Crippen LogP contribution in [0.25, 0.3) is 16.9 Å². The molecule has 1 aliphatic rings. The molecule has 0 amide bonds. The van der Waals surface area contributed by atoms with Crippen molar-refractivity contribution in [3.05, 3.63) is 65.9 Å². The Balaban J connectivity index is 0.000000267. The van der Waals surface area contributed by atoms with Gasteiger partial charge in [0.15, 0.2) is 5.69 Å². The molecule has 0 spiro atoms. The molecule has 0 radical (unpaired) electrons. The van der Waals surface area contributed by atoms with Crippen molar-refractivity contribution in [2.24, 2.45) is 5.14 Å². The highest BCUT2D eigenvalue weighted by Gasteiger charge is 2.35. The average molecular weight is 642 g/mol. The monoisotopic (exact) mass is 641 g/mol.